The molecule has 13 heavy (non-hydrogen) atoms. The Kier molecular flexibility index (Phi) is 3.19. The summed E-state index contributed by atoms with van der Waals surface area (Å²) in [5.74, 6) is 0.348. The average molecular weight is 181 g/mol. The minimum absolute atomic E-state index is 0.176. The van der Waals surface area contributed by atoms with Crippen LogP contribution in [0.15, 0.2) is 18.3 Å². The fourth-order valence-electron chi connectivity index (χ4n) is 0.836. The second-order valence-corrected chi connectivity index (χ2v) is 2.51. The van der Waals surface area contributed by atoms with Crippen LogP contribution in [0.2, 0.25) is 0 Å². The highest BCUT2D eigenvalue weighted by molar-refractivity contribution is 5.74. The van der Waals surface area contributed by atoms with Crippen molar-refractivity contribution in [3.05, 3.63) is 18.3 Å². The zero-order valence-electron chi connectivity index (χ0n) is 7.60. The molecule has 5 nitrogen and oxygen atoms in total. The molecule has 0 aliphatic carbocycles. The van der Waals surface area contributed by atoms with Gasteiger partial charge in [-0.1, -0.05) is 0 Å². The predicted octanol–water partition coefficient (Wildman–Crippen LogP) is 0.0858. The van der Waals surface area contributed by atoms with Gasteiger partial charge in [-0.25, -0.2) is 0 Å². The molecule has 0 aromatic carbocycles. The van der Waals surface area contributed by atoms with Crippen LogP contribution in [0, 0.1) is 0 Å². The second-order valence-electron chi connectivity index (χ2n) is 2.51. The van der Waals surface area contributed by atoms with Crippen LogP contribution >= 0.6 is 0 Å². The van der Waals surface area contributed by atoms with E-state index in [-0.39, 0.29) is 12.5 Å². The molecular weight excluding hydrogens is 170 g/mol. The van der Waals surface area contributed by atoms with Crippen molar-refractivity contribution in [2.75, 3.05) is 25.6 Å². The lowest BCUT2D eigenvalue weighted by Crippen LogP contribution is -2.27. The van der Waals surface area contributed by atoms with Gasteiger partial charge in [-0.05, 0) is 12.1 Å². The number of methoxy groups -OCH3 is 1. The predicted molar refractivity (Wildman–Crippen MR) is 47.3 cm³/mol. The normalized spacial score (nSPS) is 9.38. The number of nitrogens with zero attached hydrogens (tertiary/aromatic N) is 3. The maximum absolute atomic E-state index is 10.9. The van der Waals surface area contributed by atoms with Crippen molar-refractivity contribution in [1.29, 1.82) is 0 Å². The summed E-state index contributed by atoms with van der Waals surface area (Å²) in [6.45, 7) is 0.176. The zero-order chi connectivity index (χ0) is 9.68. The van der Waals surface area contributed by atoms with Gasteiger partial charge in [0.1, 0.15) is 6.54 Å². The van der Waals surface area contributed by atoms with Crippen molar-refractivity contribution in [2.24, 2.45) is 0 Å². The summed E-state index contributed by atoms with van der Waals surface area (Å²) < 4.78 is 4.51. The van der Waals surface area contributed by atoms with Crippen molar-refractivity contribution in [1.82, 2.24) is 10.2 Å². The van der Waals surface area contributed by atoms with Crippen molar-refractivity contribution < 1.29 is 9.53 Å². The lowest BCUT2D eigenvalue weighted by molar-refractivity contribution is -0.138. The smallest absolute Gasteiger partial charge is 0.325 e. The number of likely N-dealkylation sites (N-methyl/N-ethyl adjacent to an activating group) is 1. The maximum atomic E-state index is 10.9. The highest BCUT2D eigenvalue weighted by atomic mass is 16.5. The number of esters is 1. The first kappa shape index (κ1) is 9.44. The molecule has 0 N–H and O–H groups in total. The summed E-state index contributed by atoms with van der Waals surface area (Å²) in [5.41, 5.74) is 0. The van der Waals surface area contributed by atoms with Gasteiger partial charge in [-0.15, -0.1) is 5.10 Å². The zero-order valence-corrected chi connectivity index (χ0v) is 7.60. The van der Waals surface area contributed by atoms with Crippen molar-refractivity contribution in [2.45, 2.75) is 0 Å². The fraction of sp³-hybridized carbons (Fsp3) is 0.375. The summed E-state index contributed by atoms with van der Waals surface area (Å²) in [7, 11) is 3.10. The van der Waals surface area contributed by atoms with E-state index < -0.39 is 0 Å². The quantitative estimate of drug-likeness (QED) is 0.618. The minimum Gasteiger partial charge on any atom is -0.468 e. The van der Waals surface area contributed by atoms with Crippen LogP contribution in [-0.2, 0) is 9.53 Å². The molecule has 0 aliphatic rings. The van der Waals surface area contributed by atoms with Crippen molar-refractivity contribution in [3.63, 3.8) is 0 Å². The lowest BCUT2D eigenvalue weighted by atomic mass is 10.5. The Hall–Kier alpha value is -1.65. The van der Waals surface area contributed by atoms with Gasteiger partial charge in [-0.3, -0.25) is 4.79 Å². The molecule has 0 saturated carbocycles. The van der Waals surface area contributed by atoms with Gasteiger partial charge in [0.15, 0.2) is 5.82 Å². The van der Waals surface area contributed by atoms with Gasteiger partial charge < -0.3 is 9.64 Å². The Morgan fingerprint density at radius 2 is 2.46 bits per heavy atom. The van der Waals surface area contributed by atoms with Crippen molar-refractivity contribution >= 4 is 11.8 Å². The molecule has 0 radical (unpaired) electrons. The number of hydrogen-bond donors (Lipinski definition) is 0. The SMILES string of the molecule is COC(=O)CN(C)c1cccnn1. The highest BCUT2D eigenvalue weighted by Crippen LogP contribution is 2.04. The number of hydrogen-bond acceptors (Lipinski definition) is 5. The molecule has 70 valence electrons. The van der Waals surface area contributed by atoms with Crippen LogP contribution in [0.4, 0.5) is 5.82 Å². The number of carbonyl (C=O) groups excluding carboxylic acids is 1. The van der Waals surface area contributed by atoms with Gasteiger partial charge >= 0.3 is 5.97 Å². The van der Waals surface area contributed by atoms with Crippen LogP contribution in [0.5, 0.6) is 0 Å². The molecule has 0 unspecified atom stereocenters. The Morgan fingerprint density at radius 1 is 1.69 bits per heavy atom. The van der Waals surface area contributed by atoms with E-state index in [9.17, 15) is 4.79 Å². The summed E-state index contributed by atoms with van der Waals surface area (Å²) in [5, 5.41) is 7.53. The third-order valence-electron chi connectivity index (χ3n) is 1.54. The topological polar surface area (TPSA) is 55.3 Å². The molecule has 0 bridgehead atoms. The van der Waals surface area contributed by atoms with Gasteiger partial charge in [0.05, 0.1) is 7.11 Å². The molecule has 5 heteroatoms. The summed E-state index contributed by atoms with van der Waals surface area (Å²) in [6, 6.07) is 3.53. The fourth-order valence-corrected chi connectivity index (χ4v) is 0.836. The van der Waals surface area contributed by atoms with E-state index >= 15 is 0 Å². The molecule has 1 rings (SSSR count). The van der Waals surface area contributed by atoms with E-state index in [1.54, 1.807) is 30.3 Å². The van der Waals surface area contributed by atoms with Gasteiger partial charge in [0.25, 0.3) is 0 Å². The van der Waals surface area contributed by atoms with E-state index in [0.717, 1.165) is 0 Å². The lowest BCUT2D eigenvalue weighted by Gasteiger charge is -2.14. The number of anilines is 1. The number of carbonyl (C=O) groups is 1. The van der Waals surface area contributed by atoms with Gasteiger partial charge in [0, 0.05) is 13.2 Å². The van der Waals surface area contributed by atoms with Gasteiger partial charge in [-0.2, -0.15) is 5.10 Å². The first-order valence-corrected chi connectivity index (χ1v) is 3.79. The Morgan fingerprint density at radius 3 is 3.00 bits per heavy atom. The first-order valence-electron chi connectivity index (χ1n) is 3.79. The van der Waals surface area contributed by atoms with Crippen LogP contribution in [-0.4, -0.2) is 36.9 Å². The Bertz CT molecular complexity index is 276. The van der Waals surface area contributed by atoms with E-state index in [4.69, 9.17) is 0 Å². The molecular formula is C8H11N3O2. The Labute approximate surface area is 76.3 Å². The van der Waals surface area contributed by atoms with E-state index in [1.165, 1.54) is 7.11 Å². The number of rotatable bonds is 3. The van der Waals surface area contributed by atoms with E-state index in [0.29, 0.717) is 5.82 Å². The van der Waals surface area contributed by atoms with E-state index in [2.05, 4.69) is 14.9 Å². The molecule has 0 fully saturated rings. The highest BCUT2D eigenvalue weighted by Gasteiger charge is 2.07. The molecule has 0 spiro atoms. The van der Waals surface area contributed by atoms with Gasteiger partial charge in [0.2, 0.25) is 0 Å². The number of ether oxygens (including phenoxy) is 1. The third kappa shape index (κ3) is 2.70. The second kappa shape index (κ2) is 4.39. The summed E-state index contributed by atoms with van der Waals surface area (Å²) in [6.07, 6.45) is 1.58. The molecule has 0 atom stereocenters. The Balaban J connectivity index is 2.59. The van der Waals surface area contributed by atoms with Crippen LogP contribution in [0.3, 0.4) is 0 Å². The first-order chi connectivity index (χ1) is 6.24. The standard InChI is InChI=1S/C8H11N3O2/c1-11(6-8(12)13-2)7-4-3-5-9-10-7/h3-5H,6H2,1-2H3. The monoisotopic (exact) mass is 181 g/mol. The largest absolute Gasteiger partial charge is 0.468 e. The molecule has 1 heterocycles. The third-order valence-corrected chi connectivity index (χ3v) is 1.54. The molecule has 0 aliphatic heterocycles. The minimum atomic E-state index is -0.298. The average Bonchev–Trinajstić information content (AvgIpc) is 2.19. The summed E-state index contributed by atoms with van der Waals surface area (Å²) >= 11 is 0. The molecule has 1 aromatic rings. The maximum Gasteiger partial charge on any atom is 0.325 e. The molecule has 0 amide bonds. The van der Waals surface area contributed by atoms with Crippen LogP contribution in [0.1, 0.15) is 0 Å². The molecule has 0 saturated heterocycles. The summed E-state index contributed by atoms with van der Waals surface area (Å²) in [4.78, 5) is 12.5. The molecule has 1 aromatic heterocycles. The van der Waals surface area contributed by atoms with Crippen molar-refractivity contribution in [3.8, 4) is 0 Å². The van der Waals surface area contributed by atoms with Crippen LogP contribution in [0.25, 0.3) is 0 Å². The van der Waals surface area contributed by atoms with Crippen LogP contribution < -0.4 is 4.90 Å². The number of aromatic nitrogens is 2. The van der Waals surface area contributed by atoms with E-state index in [1.807, 2.05) is 0 Å².